The van der Waals surface area contributed by atoms with E-state index in [1.807, 2.05) is 28.9 Å². The average molecular weight is 456 g/mol. The summed E-state index contributed by atoms with van der Waals surface area (Å²) in [5, 5.41) is 0. The van der Waals surface area contributed by atoms with Crippen molar-refractivity contribution in [2.45, 2.75) is 31.9 Å². The fourth-order valence-corrected chi connectivity index (χ4v) is 4.67. The maximum absolute atomic E-state index is 13.1. The van der Waals surface area contributed by atoms with E-state index < -0.39 is 11.7 Å². The second-order valence-electron chi connectivity index (χ2n) is 8.50. The molecule has 1 saturated heterocycles. The van der Waals surface area contributed by atoms with Gasteiger partial charge in [-0.05, 0) is 37.3 Å². The van der Waals surface area contributed by atoms with Crippen LogP contribution < -0.4 is 9.80 Å². The minimum Gasteiger partial charge on any atom is -0.469 e. The molecule has 1 aromatic carbocycles. The molecule has 1 aliphatic heterocycles. The highest BCUT2D eigenvalue weighted by molar-refractivity contribution is 5.99. The number of alkyl halides is 3. The molecule has 1 aliphatic carbocycles. The molecule has 1 unspecified atom stereocenters. The number of carbonyl (C=O) groups is 1. The lowest BCUT2D eigenvalue weighted by Crippen LogP contribution is -2.47. The third kappa shape index (κ3) is 4.19. The topological polar surface area (TPSA) is 62.5 Å². The van der Waals surface area contributed by atoms with Gasteiger partial charge in [-0.2, -0.15) is 13.2 Å². The molecule has 9 heteroatoms. The molecule has 6 nitrogen and oxygen atoms in total. The van der Waals surface area contributed by atoms with Crippen LogP contribution in [0.2, 0.25) is 0 Å². The third-order valence-electron chi connectivity index (χ3n) is 6.35. The molecule has 1 atom stereocenters. The van der Waals surface area contributed by atoms with Crippen LogP contribution in [0.1, 0.15) is 45.4 Å². The molecule has 33 heavy (non-hydrogen) atoms. The van der Waals surface area contributed by atoms with Crippen molar-refractivity contribution in [2.75, 3.05) is 36.0 Å². The van der Waals surface area contributed by atoms with Crippen molar-refractivity contribution in [1.82, 2.24) is 9.97 Å². The number of aryl methyl sites for hydroxylation is 1. The molecule has 2 aromatic heterocycles. The van der Waals surface area contributed by atoms with E-state index in [9.17, 15) is 18.0 Å². The van der Waals surface area contributed by atoms with Crippen molar-refractivity contribution in [3.63, 3.8) is 0 Å². The van der Waals surface area contributed by atoms with E-state index in [4.69, 9.17) is 9.40 Å². The number of aromatic nitrogens is 2. The Kier molecular flexibility index (Phi) is 5.34. The van der Waals surface area contributed by atoms with Crippen LogP contribution in [0.3, 0.4) is 0 Å². The number of fused-ring (bicyclic) bond motifs is 1. The molecule has 0 bridgehead atoms. The third-order valence-corrected chi connectivity index (χ3v) is 6.35. The van der Waals surface area contributed by atoms with Crippen LogP contribution in [0.5, 0.6) is 0 Å². The van der Waals surface area contributed by atoms with Crippen LogP contribution >= 0.6 is 0 Å². The van der Waals surface area contributed by atoms with Crippen LogP contribution in [0, 0.1) is 6.92 Å². The van der Waals surface area contributed by atoms with E-state index in [-0.39, 0.29) is 11.7 Å². The monoisotopic (exact) mass is 456 g/mol. The number of rotatable bonds is 3. The van der Waals surface area contributed by atoms with Gasteiger partial charge in [0, 0.05) is 50.6 Å². The van der Waals surface area contributed by atoms with E-state index in [0.717, 1.165) is 17.5 Å². The maximum atomic E-state index is 13.1. The second kappa shape index (κ2) is 8.20. The first-order valence-corrected chi connectivity index (χ1v) is 10.9. The Labute approximate surface area is 189 Å². The normalized spacial score (nSPS) is 19.0. The SMILES string of the molecule is Cc1nc(N2CCN(c3cccc(C(F)(F)F)c3)CC2)nc2c1C(=O)CC(c1ccco1)C2. The summed E-state index contributed by atoms with van der Waals surface area (Å²) in [6.07, 6.45) is -1.78. The van der Waals surface area contributed by atoms with Crippen molar-refractivity contribution < 1.29 is 22.4 Å². The maximum Gasteiger partial charge on any atom is 0.416 e. The van der Waals surface area contributed by atoms with Crippen LogP contribution in [0.15, 0.2) is 47.1 Å². The van der Waals surface area contributed by atoms with Gasteiger partial charge in [0.15, 0.2) is 5.78 Å². The molecule has 0 N–H and O–H groups in total. The zero-order valence-corrected chi connectivity index (χ0v) is 18.1. The fraction of sp³-hybridized carbons (Fsp3) is 0.375. The molecular weight excluding hydrogens is 433 g/mol. The summed E-state index contributed by atoms with van der Waals surface area (Å²) in [5.41, 5.74) is 1.91. The molecule has 0 radical (unpaired) electrons. The minimum absolute atomic E-state index is 0.0241. The van der Waals surface area contributed by atoms with Crippen LogP contribution in [0.4, 0.5) is 24.8 Å². The molecule has 172 valence electrons. The number of piperazine rings is 1. The summed E-state index contributed by atoms with van der Waals surface area (Å²) in [6, 6.07) is 9.11. The first-order chi connectivity index (χ1) is 15.8. The quantitative estimate of drug-likeness (QED) is 0.573. The zero-order chi connectivity index (χ0) is 23.2. The van der Waals surface area contributed by atoms with E-state index in [2.05, 4.69) is 4.98 Å². The van der Waals surface area contributed by atoms with E-state index >= 15 is 0 Å². The molecule has 0 spiro atoms. The molecular formula is C24H23F3N4O2. The van der Waals surface area contributed by atoms with Gasteiger partial charge in [0.1, 0.15) is 5.76 Å². The van der Waals surface area contributed by atoms with Gasteiger partial charge in [-0.15, -0.1) is 0 Å². The Balaban J connectivity index is 1.33. The Hall–Kier alpha value is -3.36. The zero-order valence-electron chi connectivity index (χ0n) is 18.1. The lowest BCUT2D eigenvalue weighted by Gasteiger charge is -2.37. The summed E-state index contributed by atoms with van der Waals surface area (Å²) in [6.45, 7) is 4.07. The van der Waals surface area contributed by atoms with Crippen LogP contribution in [-0.2, 0) is 12.6 Å². The number of Topliss-reactive ketones (excluding diaryl/α,β-unsaturated/α-hetero) is 1. The summed E-state index contributed by atoms with van der Waals surface area (Å²) in [4.78, 5) is 26.1. The molecule has 3 heterocycles. The number of benzene rings is 1. The van der Waals surface area contributed by atoms with Gasteiger partial charge in [0.25, 0.3) is 0 Å². The number of anilines is 2. The van der Waals surface area contributed by atoms with Crippen molar-refractivity contribution in [3.05, 3.63) is 70.9 Å². The van der Waals surface area contributed by atoms with E-state index in [1.165, 1.54) is 12.1 Å². The Morgan fingerprint density at radius 1 is 1.00 bits per heavy atom. The lowest BCUT2D eigenvalue weighted by atomic mass is 9.84. The summed E-state index contributed by atoms with van der Waals surface area (Å²) < 4.78 is 44.7. The smallest absolute Gasteiger partial charge is 0.416 e. The molecule has 3 aromatic rings. The Morgan fingerprint density at radius 2 is 1.76 bits per heavy atom. The standard InChI is InChI=1S/C24H23F3N4O2/c1-15-22-19(12-16(13-20(22)32)21-6-3-11-33-21)29-23(28-15)31-9-7-30(8-10-31)18-5-2-4-17(14-18)24(25,26)27/h2-6,11,14,16H,7-10,12-13H2,1H3. The molecule has 2 aliphatic rings. The first-order valence-electron chi connectivity index (χ1n) is 10.9. The average Bonchev–Trinajstić information content (AvgIpc) is 3.33. The minimum atomic E-state index is -4.36. The highest BCUT2D eigenvalue weighted by Crippen LogP contribution is 2.35. The van der Waals surface area contributed by atoms with Gasteiger partial charge in [-0.1, -0.05) is 6.07 Å². The van der Waals surface area contributed by atoms with Gasteiger partial charge in [-0.3, -0.25) is 4.79 Å². The molecule has 5 rings (SSSR count). The van der Waals surface area contributed by atoms with Crippen molar-refractivity contribution in [2.24, 2.45) is 0 Å². The number of furan rings is 1. The summed E-state index contributed by atoms with van der Waals surface area (Å²) >= 11 is 0. The number of carbonyl (C=O) groups excluding carboxylic acids is 1. The first kappa shape index (κ1) is 21.5. The summed E-state index contributed by atoms with van der Waals surface area (Å²) in [5.74, 6) is 1.32. The lowest BCUT2D eigenvalue weighted by molar-refractivity contribution is -0.137. The number of nitrogens with zero attached hydrogens (tertiary/aromatic N) is 4. The van der Waals surface area contributed by atoms with Crippen LogP contribution in [0.25, 0.3) is 0 Å². The molecule has 1 fully saturated rings. The van der Waals surface area contributed by atoms with Crippen LogP contribution in [-0.4, -0.2) is 41.9 Å². The van der Waals surface area contributed by atoms with Gasteiger partial charge < -0.3 is 14.2 Å². The van der Waals surface area contributed by atoms with Crippen molar-refractivity contribution in [1.29, 1.82) is 0 Å². The predicted octanol–water partition coefficient (Wildman–Crippen LogP) is 4.64. The Morgan fingerprint density at radius 3 is 2.45 bits per heavy atom. The fourth-order valence-electron chi connectivity index (χ4n) is 4.67. The predicted molar refractivity (Wildman–Crippen MR) is 117 cm³/mol. The largest absolute Gasteiger partial charge is 0.469 e. The van der Waals surface area contributed by atoms with Gasteiger partial charge in [0.2, 0.25) is 5.95 Å². The van der Waals surface area contributed by atoms with Gasteiger partial charge >= 0.3 is 6.18 Å². The molecule has 0 amide bonds. The van der Waals surface area contributed by atoms with Crippen molar-refractivity contribution >= 4 is 17.4 Å². The Bertz CT molecular complexity index is 1170. The van der Waals surface area contributed by atoms with Gasteiger partial charge in [-0.25, -0.2) is 9.97 Å². The van der Waals surface area contributed by atoms with E-state index in [0.29, 0.717) is 61.9 Å². The molecule has 0 saturated carbocycles. The number of hydrogen-bond donors (Lipinski definition) is 0. The number of halogens is 3. The van der Waals surface area contributed by atoms with Crippen molar-refractivity contribution in [3.8, 4) is 0 Å². The van der Waals surface area contributed by atoms with E-state index in [1.54, 1.807) is 12.3 Å². The number of hydrogen-bond acceptors (Lipinski definition) is 6. The highest BCUT2D eigenvalue weighted by atomic mass is 19.4. The van der Waals surface area contributed by atoms with Gasteiger partial charge in [0.05, 0.1) is 28.8 Å². The highest BCUT2D eigenvalue weighted by Gasteiger charge is 2.33. The number of ketones is 1. The summed E-state index contributed by atoms with van der Waals surface area (Å²) in [7, 11) is 0. The second-order valence-corrected chi connectivity index (χ2v) is 8.50.